The Morgan fingerprint density at radius 2 is 1.83 bits per heavy atom. The van der Waals surface area contributed by atoms with Crippen LogP contribution in [0.1, 0.15) is 46.0 Å². The van der Waals surface area contributed by atoms with Crippen molar-refractivity contribution >= 4 is 36.3 Å². The van der Waals surface area contributed by atoms with E-state index in [2.05, 4.69) is 23.3 Å². The second-order valence-electron chi connectivity index (χ2n) is 7.89. The number of carboxylic acid groups (broad SMARTS) is 1. The zero-order valence-electron chi connectivity index (χ0n) is 17.7. The first-order valence-electron chi connectivity index (χ1n) is 10.3. The van der Waals surface area contributed by atoms with Crippen LogP contribution in [0.2, 0.25) is 0 Å². The highest BCUT2D eigenvalue weighted by atomic mass is 32.1. The molecule has 172 valence electrons. The molecule has 1 saturated heterocycles. The van der Waals surface area contributed by atoms with Gasteiger partial charge in [0, 0.05) is 12.3 Å². The number of amides is 3. The minimum absolute atomic E-state index is 0.0629. The predicted octanol–water partition coefficient (Wildman–Crippen LogP) is -0.926. The van der Waals surface area contributed by atoms with E-state index < -0.39 is 42.0 Å². The number of thiol groups is 1. The highest BCUT2D eigenvalue weighted by Gasteiger charge is 2.38. The highest BCUT2D eigenvalue weighted by molar-refractivity contribution is 7.80. The number of rotatable bonds is 12. The van der Waals surface area contributed by atoms with Crippen molar-refractivity contribution in [3.05, 3.63) is 0 Å². The molecule has 4 atom stereocenters. The molecule has 3 amide bonds. The first-order chi connectivity index (χ1) is 14.1. The van der Waals surface area contributed by atoms with Crippen molar-refractivity contribution in [1.82, 2.24) is 15.5 Å². The molecule has 0 aromatic rings. The third kappa shape index (κ3) is 7.44. The lowest BCUT2D eigenvalue weighted by Crippen LogP contribution is -2.57. The number of nitrogens with zero attached hydrogens (tertiary/aromatic N) is 1. The van der Waals surface area contributed by atoms with E-state index >= 15 is 0 Å². The van der Waals surface area contributed by atoms with Gasteiger partial charge in [-0.1, -0.05) is 13.8 Å². The van der Waals surface area contributed by atoms with E-state index in [1.807, 2.05) is 13.8 Å². The number of aliphatic carboxylic acids is 1. The summed E-state index contributed by atoms with van der Waals surface area (Å²) in [6, 6.07) is -3.49. The largest absolute Gasteiger partial charge is 0.480 e. The second kappa shape index (κ2) is 12.8. The van der Waals surface area contributed by atoms with Gasteiger partial charge in [0.15, 0.2) is 0 Å². The van der Waals surface area contributed by atoms with E-state index in [4.69, 9.17) is 16.6 Å². The van der Waals surface area contributed by atoms with Crippen LogP contribution in [0, 0.1) is 5.92 Å². The summed E-state index contributed by atoms with van der Waals surface area (Å²) in [6.07, 6.45) is 2.74. The van der Waals surface area contributed by atoms with Gasteiger partial charge in [-0.3, -0.25) is 14.4 Å². The SMILES string of the molecule is CC(C)C(N)C(=O)NC(CCCCN)C(=O)N1CCCC1C(=O)NC(CS)C(=O)O. The Morgan fingerprint density at radius 3 is 2.37 bits per heavy atom. The minimum Gasteiger partial charge on any atom is -0.480 e. The van der Waals surface area contributed by atoms with Gasteiger partial charge in [0.1, 0.15) is 18.1 Å². The minimum atomic E-state index is -1.19. The maximum Gasteiger partial charge on any atom is 0.327 e. The van der Waals surface area contributed by atoms with Crippen molar-refractivity contribution in [2.45, 2.75) is 70.1 Å². The molecule has 1 aliphatic rings. The number of unbranched alkanes of at least 4 members (excludes halogenated alkanes) is 1. The van der Waals surface area contributed by atoms with Gasteiger partial charge in [0.25, 0.3) is 0 Å². The van der Waals surface area contributed by atoms with Crippen molar-refractivity contribution in [1.29, 1.82) is 0 Å². The lowest BCUT2D eigenvalue weighted by atomic mass is 10.0. The third-order valence-electron chi connectivity index (χ3n) is 5.22. The lowest BCUT2D eigenvalue weighted by molar-refractivity contribution is -0.144. The predicted molar refractivity (Wildman–Crippen MR) is 116 cm³/mol. The Hall–Kier alpha value is -1.85. The molecule has 7 N–H and O–H groups in total. The monoisotopic (exact) mass is 445 g/mol. The van der Waals surface area contributed by atoms with Crippen LogP contribution in [0.5, 0.6) is 0 Å². The molecule has 30 heavy (non-hydrogen) atoms. The number of carbonyl (C=O) groups excluding carboxylic acids is 3. The third-order valence-corrected chi connectivity index (χ3v) is 5.58. The van der Waals surface area contributed by atoms with E-state index in [1.54, 1.807) is 0 Å². The fourth-order valence-corrected chi connectivity index (χ4v) is 3.52. The molecular formula is C19H35N5O5S. The topological polar surface area (TPSA) is 168 Å². The fourth-order valence-electron chi connectivity index (χ4n) is 3.28. The van der Waals surface area contributed by atoms with Gasteiger partial charge in [-0.2, -0.15) is 12.6 Å². The van der Waals surface area contributed by atoms with Crippen LogP contribution < -0.4 is 22.1 Å². The van der Waals surface area contributed by atoms with Crippen molar-refractivity contribution in [2.24, 2.45) is 17.4 Å². The first kappa shape index (κ1) is 26.2. The van der Waals surface area contributed by atoms with Gasteiger partial charge in [-0.15, -0.1) is 0 Å². The maximum absolute atomic E-state index is 13.2. The zero-order valence-corrected chi connectivity index (χ0v) is 18.6. The standard InChI is InChI=1S/C19H35N5O5S/c1-11(2)15(21)17(26)22-12(6-3-4-8-20)18(27)24-9-5-7-14(24)16(25)23-13(10-30)19(28)29/h11-15,30H,3-10,20-21H2,1-2H3,(H,22,26)(H,23,25)(H,28,29). The number of carbonyl (C=O) groups is 4. The molecule has 0 saturated carbocycles. The van der Waals surface area contributed by atoms with Crippen LogP contribution in [-0.4, -0.2) is 76.7 Å². The summed E-state index contributed by atoms with van der Waals surface area (Å²) in [7, 11) is 0. The number of likely N-dealkylation sites (tertiary alicyclic amines) is 1. The van der Waals surface area contributed by atoms with Crippen LogP contribution in [0.3, 0.4) is 0 Å². The zero-order chi connectivity index (χ0) is 22.8. The summed E-state index contributed by atoms with van der Waals surface area (Å²) in [6.45, 7) is 4.46. The van der Waals surface area contributed by atoms with Crippen LogP contribution in [0.25, 0.3) is 0 Å². The Bertz CT molecular complexity index is 618. The molecule has 0 radical (unpaired) electrons. The van der Waals surface area contributed by atoms with Crippen LogP contribution in [-0.2, 0) is 19.2 Å². The number of nitrogens with two attached hydrogens (primary N) is 2. The Balaban J connectivity index is 2.92. The lowest BCUT2D eigenvalue weighted by Gasteiger charge is -2.30. The molecule has 0 aromatic carbocycles. The van der Waals surface area contributed by atoms with E-state index in [1.165, 1.54) is 4.90 Å². The molecule has 10 nitrogen and oxygen atoms in total. The summed E-state index contributed by atoms with van der Waals surface area (Å²) in [5.74, 6) is -2.67. The molecule has 1 aliphatic heterocycles. The average molecular weight is 446 g/mol. The van der Waals surface area contributed by atoms with E-state index in [0.29, 0.717) is 45.2 Å². The first-order valence-corrected chi connectivity index (χ1v) is 11.0. The number of hydrogen-bond acceptors (Lipinski definition) is 7. The molecule has 11 heteroatoms. The summed E-state index contributed by atoms with van der Waals surface area (Å²) >= 11 is 3.94. The van der Waals surface area contributed by atoms with Gasteiger partial charge in [0.05, 0.1) is 6.04 Å². The van der Waals surface area contributed by atoms with Crippen LogP contribution in [0.15, 0.2) is 0 Å². The summed E-state index contributed by atoms with van der Waals surface area (Å²) in [5.41, 5.74) is 11.4. The van der Waals surface area contributed by atoms with Gasteiger partial charge in [0.2, 0.25) is 17.7 Å². The molecule has 0 aromatic heterocycles. The second-order valence-corrected chi connectivity index (χ2v) is 8.25. The van der Waals surface area contributed by atoms with Gasteiger partial charge in [-0.05, 0) is 44.6 Å². The van der Waals surface area contributed by atoms with Crippen LogP contribution >= 0.6 is 12.6 Å². The van der Waals surface area contributed by atoms with Crippen molar-refractivity contribution in [2.75, 3.05) is 18.8 Å². The Labute approximate surface area is 182 Å². The van der Waals surface area contributed by atoms with E-state index in [9.17, 15) is 19.2 Å². The highest BCUT2D eigenvalue weighted by Crippen LogP contribution is 2.20. The molecule has 0 bridgehead atoms. The Morgan fingerprint density at radius 1 is 1.17 bits per heavy atom. The fraction of sp³-hybridized carbons (Fsp3) is 0.789. The van der Waals surface area contributed by atoms with Gasteiger partial charge in [-0.25, -0.2) is 4.79 Å². The summed E-state index contributed by atoms with van der Waals surface area (Å²) in [5, 5.41) is 14.3. The molecule has 1 fully saturated rings. The van der Waals surface area contributed by atoms with Gasteiger partial charge < -0.3 is 32.1 Å². The molecule has 4 unspecified atom stereocenters. The van der Waals surface area contributed by atoms with Gasteiger partial charge >= 0.3 is 5.97 Å². The quantitative estimate of drug-likeness (QED) is 0.167. The summed E-state index contributed by atoms with van der Waals surface area (Å²) in [4.78, 5) is 50.8. The van der Waals surface area contributed by atoms with E-state index in [0.717, 1.165) is 0 Å². The summed E-state index contributed by atoms with van der Waals surface area (Å²) < 4.78 is 0. The van der Waals surface area contributed by atoms with Crippen LogP contribution in [0.4, 0.5) is 0 Å². The molecule has 1 heterocycles. The van der Waals surface area contributed by atoms with E-state index in [-0.39, 0.29) is 17.6 Å². The smallest absolute Gasteiger partial charge is 0.327 e. The molecular weight excluding hydrogens is 410 g/mol. The molecule has 0 aliphatic carbocycles. The average Bonchev–Trinajstić information content (AvgIpc) is 3.19. The number of carboxylic acids is 1. The molecule has 1 rings (SSSR count). The number of nitrogens with one attached hydrogen (secondary N) is 2. The molecule has 0 spiro atoms. The normalized spacial score (nSPS) is 19.3. The van der Waals surface area contributed by atoms with Crippen molar-refractivity contribution in [3.8, 4) is 0 Å². The maximum atomic E-state index is 13.2. The Kier molecular flexibility index (Phi) is 11.1. The van der Waals surface area contributed by atoms with Crippen molar-refractivity contribution < 1.29 is 24.3 Å². The number of hydrogen-bond donors (Lipinski definition) is 6. The van der Waals surface area contributed by atoms with Crippen molar-refractivity contribution in [3.63, 3.8) is 0 Å².